The molecule has 2 N–H and O–H groups in total. The van der Waals surface area contributed by atoms with E-state index in [2.05, 4.69) is 17.5 Å². The Hall–Kier alpha value is -0.380. The van der Waals surface area contributed by atoms with Gasteiger partial charge in [-0.15, -0.1) is 11.3 Å². The van der Waals surface area contributed by atoms with Crippen LogP contribution in [0.1, 0.15) is 11.3 Å². The highest BCUT2D eigenvalue weighted by Crippen LogP contribution is 2.32. The lowest BCUT2D eigenvalue weighted by molar-refractivity contribution is 0.155. The quantitative estimate of drug-likeness (QED) is 0.799. The Balaban J connectivity index is 2.06. The first-order valence-electron chi connectivity index (χ1n) is 4.65. The van der Waals surface area contributed by atoms with Crippen LogP contribution in [0.4, 0.5) is 0 Å². The topological polar surface area (TPSA) is 35.2 Å². The van der Waals surface area contributed by atoms with Crippen LogP contribution < -0.4 is 5.73 Å². The molecule has 0 aliphatic carbocycles. The Morgan fingerprint density at radius 2 is 2.54 bits per heavy atom. The molecule has 3 heteroatoms. The molecule has 0 saturated carbocycles. The normalized spacial score (nSPS) is 28.1. The predicted molar refractivity (Wildman–Crippen MR) is 54.9 cm³/mol. The second kappa shape index (κ2) is 3.78. The first-order valence-corrected chi connectivity index (χ1v) is 5.53. The summed E-state index contributed by atoms with van der Waals surface area (Å²) in [6.45, 7) is 2.45. The number of thiophene rings is 1. The number of hydrogen-bond donors (Lipinski definition) is 1. The van der Waals surface area contributed by atoms with Crippen LogP contribution in [0.15, 0.2) is 17.5 Å². The first kappa shape index (κ1) is 9.19. The van der Waals surface area contributed by atoms with Crippen molar-refractivity contribution in [2.45, 2.75) is 12.8 Å². The number of rotatable bonds is 3. The molecular weight excluding hydrogens is 182 g/mol. The van der Waals surface area contributed by atoms with Crippen LogP contribution in [-0.2, 0) is 11.2 Å². The molecule has 1 aliphatic heterocycles. The molecule has 2 heterocycles. The minimum Gasteiger partial charge on any atom is -0.381 e. The van der Waals surface area contributed by atoms with Crippen molar-refractivity contribution in [3.05, 3.63) is 22.4 Å². The molecule has 72 valence electrons. The summed E-state index contributed by atoms with van der Waals surface area (Å²) >= 11 is 1.81. The molecule has 0 amide bonds. The zero-order valence-corrected chi connectivity index (χ0v) is 8.48. The highest BCUT2D eigenvalue weighted by atomic mass is 32.1. The van der Waals surface area contributed by atoms with Crippen LogP contribution in [0.3, 0.4) is 0 Å². The van der Waals surface area contributed by atoms with Gasteiger partial charge in [0.1, 0.15) is 0 Å². The van der Waals surface area contributed by atoms with E-state index < -0.39 is 0 Å². The van der Waals surface area contributed by atoms with Crippen LogP contribution in [0.5, 0.6) is 0 Å². The summed E-state index contributed by atoms with van der Waals surface area (Å²) in [6.07, 6.45) is 2.20. The van der Waals surface area contributed by atoms with Crippen molar-refractivity contribution in [1.82, 2.24) is 0 Å². The van der Waals surface area contributed by atoms with Gasteiger partial charge in [0.25, 0.3) is 0 Å². The maximum Gasteiger partial charge on any atom is 0.0538 e. The molecule has 0 bridgehead atoms. The lowest BCUT2D eigenvalue weighted by atomic mass is 9.83. The van der Waals surface area contributed by atoms with Gasteiger partial charge >= 0.3 is 0 Å². The molecule has 0 aromatic carbocycles. The third kappa shape index (κ3) is 1.93. The Bertz CT molecular complexity index is 252. The molecular formula is C10H15NOS. The standard InChI is InChI=1S/C10H15NOS/c11-7-10(3-4-12-8-10)6-9-2-1-5-13-9/h1-2,5H,3-4,6-8,11H2. The largest absolute Gasteiger partial charge is 0.381 e. The maximum atomic E-state index is 5.81. The molecule has 13 heavy (non-hydrogen) atoms. The second-order valence-corrected chi connectivity index (χ2v) is 4.80. The van der Waals surface area contributed by atoms with Gasteiger partial charge < -0.3 is 10.5 Å². The summed E-state index contributed by atoms with van der Waals surface area (Å²) in [5.74, 6) is 0. The maximum absolute atomic E-state index is 5.81. The zero-order valence-electron chi connectivity index (χ0n) is 7.66. The molecule has 1 aliphatic rings. The minimum absolute atomic E-state index is 0.227. The minimum atomic E-state index is 0.227. The van der Waals surface area contributed by atoms with E-state index in [1.54, 1.807) is 0 Å². The van der Waals surface area contributed by atoms with Gasteiger partial charge in [-0.25, -0.2) is 0 Å². The van der Waals surface area contributed by atoms with Crippen molar-refractivity contribution in [3.8, 4) is 0 Å². The lowest BCUT2D eigenvalue weighted by Gasteiger charge is -2.24. The van der Waals surface area contributed by atoms with Gasteiger partial charge in [-0.2, -0.15) is 0 Å². The monoisotopic (exact) mass is 197 g/mol. The van der Waals surface area contributed by atoms with E-state index in [9.17, 15) is 0 Å². The molecule has 2 rings (SSSR count). The highest BCUT2D eigenvalue weighted by Gasteiger charge is 2.33. The van der Waals surface area contributed by atoms with Crippen molar-refractivity contribution in [1.29, 1.82) is 0 Å². The van der Waals surface area contributed by atoms with E-state index in [1.165, 1.54) is 4.88 Å². The summed E-state index contributed by atoms with van der Waals surface area (Å²) in [7, 11) is 0. The molecule has 1 aromatic heterocycles. The molecule has 1 unspecified atom stereocenters. The van der Waals surface area contributed by atoms with Gasteiger partial charge in [-0.05, 0) is 24.3 Å². The Morgan fingerprint density at radius 1 is 1.62 bits per heavy atom. The molecule has 0 radical (unpaired) electrons. The van der Waals surface area contributed by atoms with Crippen molar-refractivity contribution >= 4 is 11.3 Å². The summed E-state index contributed by atoms with van der Waals surface area (Å²) in [5.41, 5.74) is 6.04. The summed E-state index contributed by atoms with van der Waals surface area (Å²) in [6, 6.07) is 4.28. The molecule has 1 atom stereocenters. The van der Waals surface area contributed by atoms with E-state index in [-0.39, 0.29) is 5.41 Å². The number of nitrogens with two attached hydrogens (primary N) is 1. The van der Waals surface area contributed by atoms with Crippen molar-refractivity contribution < 1.29 is 4.74 Å². The fourth-order valence-corrected chi connectivity index (χ4v) is 2.68. The van der Waals surface area contributed by atoms with Crippen molar-refractivity contribution in [2.24, 2.45) is 11.1 Å². The molecule has 0 spiro atoms. The smallest absolute Gasteiger partial charge is 0.0538 e. The van der Waals surface area contributed by atoms with E-state index in [0.717, 1.165) is 32.6 Å². The second-order valence-electron chi connectivity index (χ2n) is 3.76. The Morgan fingerprint density at radius 3 is 3.08 bits per heavy atom. The molecule has 1 aromatic rings. The van der Waals surface area contributed by atoms with E-state index in [0.29, 0.717) is 0 Å². The first-order chi connectivity index (χ1) is 6.35. The SMILES string of the molecule is NCC1(Cc2cccs2)CCOC1. The third-order valence-corrected chi connectivity index (χ3v) is 3.62. The summed E-state index contributed by atoms with van der Waals surface area (Å²) in [5, 5.41) is 2.12. The van der Waals surface area contributed by atoms with Gasteiger partial charge in [0.15, 0.2) is 0 Å². The van der Waals surface area contributed by atoms with Gasteiger partial charge in [0, 0.05) is 23.4 Å². The fourth-order valence-electron chi connectivity index (χ4n) is 1.80. The average Bonchev–Trinajstić information content (AvgIpc) is 2.77. The van der Waals surface area contributed by atoms with E-state index in [4.69, 9.17) is 10.5 Å². The van der Waals surface area contributed by atoms with Gasteiger partial charge in [-0.1, -0.05) is 6.07 Å². The Kier molecular flexibility index (Phi) is 2.67. The van der Waals surface area contributed by atoms with Crippen LogP contribution >= 0.6 is 11.3 Å². The van der Waals surface area contributed by atoms with E-state index in [1.807, 2.05) is 11.3 Å². The molecule has 1 saturated heterocycles. The van der Waals surface area contributed by atoms with Crippen molar-refractivity contribution in [3.63, 3.8) is 0 Å². The average molecular weight is 197 g/mol. The third-order valence-electron chi connectivity index (χ3n) is 2.75. The Labute approximate surface area is 82.7 Å². The fraction of sp³-hybridized carbons (Fsp3) is 0.600. The lowest BCUT2D eigenvalue weighted by Crippen LogP contribution is -2.32. The summed E-state index contributed by atoms with van der Waals surface area (Å²) in [4.78, 5) is 1.43. The zero-order chi connectivity index (χ0) is 9.15. The molecule has 2 nitrogen and oxygen atoms in total. The highest BCUT2D eigenvalue weighted by molar-refractivity contribution is 7.09. The van der Waals surface area contributed by atoms with Crippen LogP contribution in [-0.4, -0.2) is 19.8 Å². The predicted octanol–water partition coefficient (Wildman–Crippen LogP) is 1.66. The van der Waals surface area contributed by atoms with E-state index >= 15 is 0 Å². The van der Waals surface area contributed by atoms with Gasteiger partial charge in [0.2, 0.25) is 0 Å². The van der Waals surface area contributed by atoms with Crippen LogP contribution in [0, 0.1) is 5.41 Å². The van der Waals surface area contributed by atoms with Gasteiger partial charge in [0.05, 0.1) is 6.61 Å². The van der Waals surface area contributed by atoms with Gasteiger partial charge in [-0.3, -0.25) is 0 Å². The summed E-state index contributed by atoms with van der Waals surface area (Å²) < 4.78 is 5.42. The van der Waals surface area contributed by atoms with Crippen LogP contribution in [0.2, 0.25) is 0 Å². The molecule has 1 fully saturated rings. The van der Waals surface area contributed by atoms with Crippen LogP contribution in [0.25, 0.3) is 0 Å². The number of hydrogen-bond acceptors (Lipinski definition) is 3. The number of ether oxygens (including phenoxy) is 1. The van der Waals surface area contributed by atoms with Crippen molar-refractivity contribution in [2.75, 3.05) is 19.8 Å².